The molecule has 2 heterocycles. The SMILES string of the molecule is O=C1NCCN(CC(c2ccccc2)c2ccccc2)C1CC(=O)N1CCCCO1. The van der Waals surface area contributed by atoms with E-state index in [0.717, 1.165) is 19.4 Å². The van der Waals surface area contributed by atoms with Crippen LogP contribution in [0.25, 0.3) is 0 Å². The minimum atomic E-state index is -0.480. The molecular weight excluding hydrogens is 378 g/mol. The Kier molecular flexibility index (Phi) is 6.77. The predicted molar refractivity (Wildman–Crippen MR) is 115 cm³/mol. The molecule has 4 rings (SSSR count). The van der Waals surface area contributed by atoms with Crippen LogP contribution in [0, 0.1) is 0 Å². The van der Waals surface area contributed by atoms with Crippen LogP contribution in [-0.2, 0) is 14.4 Å². The number of piperazine rings is 1. The van der Waals surface area contributed by atoms with Gasteiger partial charge < -0.3 is 5.32 Å². The van der Waals surface area contributed by atoms with Crippen LogP contribution in [0.5, 0.6) is 0 Å². The van der Waals surface area contributed by atoms with Gasteiger partial charge in [0, 0.05) is 32.1 Å². The summed E-state index contributed by atoms with van der Waals surface area (Å²) in [5, 5.41) is 4.37. The predicted octanol–water partition coefficient (Wildman–Crippen LogP) is 2.56. The lowest BCUT2D eigenvalue weighted by Gasteiger charge is -2.38. The lowest BCUT2D eigenvalue weighted by molar-refractivity contribution is -0.198. The zero-order valence-electron chi connectivity index (χ0n) is 17.2. The van der Waals surface area contributed by atoms with Crippen molar-refractivity contribution in [2.45, 2.75) is 31.2 Å². The maximum Gasteiger partial charge on any atom is 0.248 e. The van der Waals surface area contributed by atoms with Gasteiger partial charge in [-0.1, -0.05) is 60.7 Å². The van der Waals surface area contributed by atoms with E-state index in [1.807, 2.05) is 36.4 Å². The van der Waals surface area contributed by atoms with Gasteiger partial charge in [0.2, 0.25) is 11.8 Å². The molecule has 0 aliphatic carbocycles. The van der Waals surface area contributed by atoms with Crippen molar-refractivity contribution < 1.29 is 14.4 Å². The topological polar surface area (TPSA) is 61.9 Å². The third-order valence-electron chi connectivity index (χ3n) is 5.91. The van der Waals surface area contributed by atoms with Crippen LogP contribution in [0.3, 0.4) is 0 Å². The molecule has 2 aliphatic rings. The van der Waals surface area contributed by atoms with Gasteiger partial charge in [-0.05, 0) is 24.0 Å². The molecule has 2 aromatic carbocycles. The average molecular weight is 408 g/mol. The summed E-state index contributed by atoms with van der Waals surface area (Å²) in [4.78, 5) is 33.2. The van der Waals surface area contributed by atoms with Crippen LogP contribution in [0.2, 0.25) is 0 Å². The van der Waals surface area contributed by atoms with E-state index in [1.54, 1.807) is 0 Å². The van der Waals surface area contributed by atoms with E-state index in [1.165, 1.54) is 16.2 Å². The van der Waals surface area contributed by atoms with Crippen molar-refractivity contribution >= 4 is 11.8 Å². The number of hydroxylamine groups is 2. The van der Waals surface area contributed by atoms with Crippen LogP contribution in [0.1, 0.15) is 36.3 Å². The summed E-state index contributed by atoms with van der Waals surface area (Å²) in [5.74, 6) is -0.0636. The smallest absolute Gasteiger partial charge is 0.248 e. The van der Waals surface area contributed by atoms with Gasteiger partial charge in [-0.3, -0.25) is 19.3 Å². The van der Waals surface area contributed by atoms with E-state index < -0.39 is 6.04 Å². The number of hydrogen-bond donors (Lipinski definition) is 1. The Morgan fingerprint density at radius 3 is 2.27 bits per heavy atom. The Labute approximate surface area is 177 Å². The molecule has 1 N–H and O–H groups in total. The van der Waals surface area contributed by atoms with Gasteiger partial charge in [-0.25, -0.2) is 5.06 Å². The highest BCUT2D eigenvalue weighted by Crippen LogP contribution is 2.27. The van der Waals surface area contributed by atoms with E-state index in [0.29, 0.717) is 26.2 Å². The van der Waals surface area contributed by atoms with E-state index in [9.17, 15) is 9.59 Å². The summed E-state index contributed by atoms with van der Waals surface area (Å²) < 4.78 is 0. The van der Waals surface area contributed by atoms with Crippen LogP contribution >= 0.6 is 0 Å². The number of nitrogens with zero attached hydrogens (tertiary/aromatic N) is 2. The van der Waals surface area contributed by atoms with Crippen LogP contribution in [-0.4, -0.2) is 60.6 Å². The molecule has 30 heavy (non-hydrogen) atoms. The summed E-state index contributed by atoms with van der Waals surface area (Å²) >= 11 is 0. The van der Waals surface area contributed by atoms with Gasteiger partial charge in [0.15, 0.2) is 0 Å². The fourth-order valence-electron chi connectivity index (χ4n) is 4.27. The highest BCUT2D eigenvalue weighted by atomic mass is 16.7. The third kappa shape index (κ3) is 4.89. The number of rotatable bonds is 6. The van der Waals surface area contributed by atoms with Crippen molar-refractivity contribution in [3.8, 4) is 0 Å². The van der Waals surface area contributed by atoms with Crippen molar-refractivity contribution in [1.82, 2.24) is 15.3 Å². The highest BCUT2D eigenvalue weighted by Gasteiger charge is 2.35. The van der Waals surface area contributed by atoms with Crippen molar-refractivity contribution in [2.75, 3.05) is 32.8 Å². The van der Waals surface area contributed by atoms with Gasteiger partial charge in [-0.2, -0.15) is 0 Å². The molecule has 0 bridgehead atoms. The van der Waals surface area contributed by atoms with E-state index in [4.69, 9.17) is 4.84 Å². The zero-order chi connectivity index (χ0) is 20.8. The molecule has 158 valence electrons. The quantitative estimate of drug-likeness (QED) is 0.800. The Morgan fingerprint density at radius 2 is 1.67 bits per heavy atom. The molecule has 1 unspecified atom stereocenters. The fraction of sp³-hybridized carbons (Fsp3) is 0.417. The van der Waals surface area contributed by atoms with Crippen molar-refractivity contribution in [3.63, 3.8) is 0 Å². The molecule has 2 aromatic rings. The molecular formula is C24H29N3O3. The number of nitrogens with one attached hydrogen (secondary N) is 1. The lowest BCUT2D eigenvalue weighted by Crippen LogP contribution is -2.57. The summed E-state index contributed by atoms with van der Waals surface area (Å²) in [7, 11) is 0. The lowest BCUT2D eigenvalue weighted by atomic mass is 9.90. The molecule has 2 amide bonds. The Bertz CT molecular complexity index is 798. The molecule has 0 aromatic heterocycles. The summed E-state index contributed by atoms with van der Waals surface area (Å²) in [6.07, 6.45) is 2.05. The Morgan fingerprint density at radius 1 is 1.00 bits per heavy atom. The minimum absolute atomic E-state index is 0.0773. The number of benzene rings is 2. The monoisotopic (exact) mass is 407 g/mol. The largest absolute Gasteiger partial charge is 0.353 e. The molecule has 1 atom stereocenters. The molecule has 0 spiro atoms. The Balaban J connectivity index is 1.54. The van der Waals surface area contributed by atoms with Gasteiger partial charge >= 0.3 is 0 Å². The molecule has 6 nitrogen and oxygen atoms in total. The van der Waals surface area contributed by atoms with Crippen LogP contribution in [0.15, 0.2) is 60.7 Å². The second kappa shape index (κ2) is 9.87. The highest BCUT2D eigenvalue weighted by molar-refractivity contribution is 5.88. The minimum Gasteiger partial charge on any atom is -0.353 e. The van der Waals surface area contributed by atoms with Gasteiger partial charge in [-0.15, -0.1) is 0 Å². The normalized spacial score (nSPS) is 20.2. The number of amides is 2. The van der Waals surface area contributed by atoms with Crippen molar-refractivity contribution in [1.29, 1.82) is 0 Å². The second-order valence-electron chi connectivity index (χ2n) is 7.92. The third-order valence-corrected chi connectivity index (χ3v) is 5.91. The first-order valence-electron chi connectivity index (χ1n) is 10.8. The summed E-state index contributed by atoms with van der Waals surface area (Å²) in [6, 6.07) is 20.2. The average Bonchev–Trinajstić information content (AvgIpc) is 2.81. The fourth-order valence-corrected chi connectivity index (χ4v) is 4.27. The maximum atomic E-state index is 12.8. The molecule has 0 radical (unpaired) electrons. The molecule has 2 aliphatic heterocycles. The van der Waals surface area contributed by atoms with E-state index >= 15 is 0 Å². The molecule has 2 fully saturated rings. The zero-order valence-corrected chi connectivity index (χ0v) is 17.2. The van der Waals surface area contributed by atoms with Gasteiger partial charge in [0.1, 0.15) is 0 Å². The van der Waals surface area contributed by atoms with Crippen molar-refractivity contribution in [2.24, 2.45) is 0 Å². The van der Waals surface area contributed by atoms with E-state index in [2.05, 4.69) is 34.5 Å². The van der Waals surface area contributed by atoms with Gasteiger partial charge in [0.25, 0.3) is 0 Å². The number of carbonyl (C=O) groups excluding carboxylic acids is 2. The first-order chi connectivity index (χ1) is 14.7. The first-order valence-corrected chi connectivity index (χ1v) is 10.8. The molecule has 6 heteroatoms. The van der Waals surface area contributed by atoms with Crippen LogP contribution in [0.4, 0.5) is 0 Å². The molecule has 0 saturated carbocycles. The van der Waals surface area contributed by atoms with Crippen molar-refractivity contribution in [3.05, 3.63) is 71.8 Å². The van der Waals surface area contributed by atoms with Gasteiger partial charge in [0.05, 0.1) is 19.1 Å². The maximum absolute atomic E-state index is 12.8. The standard InChI is InChI=1S/C24H29N3O3/c28-23(27-14-7-8-16-30-27)17-22-24(29)25-13-15-26(22)18-21(19-9-3-1-4-10-19)20-11-5-2-6-12-20/h1-6,9-12,21-22H,7-8,13-18H2,(H,25,29). The van der Waals surface area contributed by atoms with Crippen LogP contribution < -0.4 is 5.32 Å². The van der Waals surface area contributed by atoms with E-state index in [-0.39, 0.29) is 24.2 Å². The summed E-state index contributed by atoms with van der Waals surface area (Å²) in [6.45, 7) is 3.17. The number of carbonyl (C=O) groups is 2. The number of hydrogen-bond acceptors (Lipinski definition) is 4. The summed E-state index contributed by atoms with van der Waals surface area (Å²) in [5.41, 5.74) is 2.42. The second-order valence-corrected chi connectivity index (χ2v) is 7.92. The first kappa shape index (κ1) is 20.6. The Hall–Kier alpha value is -2.70. The molecule has 2 saturated heterocycles.